The van der Waals surface area contributed by atoms with Crippen LogP contribution in [-0.2, 0) is 0 Å². The van der Waals surface area contributed by atoms with Gasteiger partial charge in [0.1, 0.15) is 5.82 Å². The molecule has 0 spiro atoms. The fourth-order valence-corrected chi connectivity index (χ4v) is 1.80. The SMILES string of the molecule is Cc1ccnc(N(CCCN)c2cccc(F)c2)n1. The molecule has 1 heterocycles. The largest absolute Gasteiger partial charge is 0.330 e. The van der Waals surface area contributed by atoms with Crippen LogP contribution in [-0.4, -0.2) is 23.1 Å². The van der Waals surface area contributed by atoms with Crippen LogP contribution in [0.3, 0.4) is 0 Å². The number of nitrogens with two attached hydrogens (primary N) is 1. The molecule has 0 amide bonds. The third-order valence-corrected chi connectivity index (χ3v) is 2.73. The molecule has 4 nitrogen and oxygen atoms in total. The smallest absolute Gasteiger partial charge is 0.230 e. The minimum absolute atomic E-state index is 0.275. The summed E-state index contributed by atoms with van der Waals surface area (Å²) in [5.41, 5.74) is 7.16. The highest BCUT2D eigenvalue weighted by Gasteiger charge is 2.12. The zero-order chi connectivity index (χ0) is 13.7. The van der Waals surface area contributed by atoms with E-state index in [1.165, 1.54) is 12.1 Å². The second-order valence-electron chi connectivity index (χ2n) is 4.27. The molecule has 1 aromatic heterocycles. The van der Waals surface area contributed by atoms with Crippen molar-refractivity contribution in [2.24, 2.45) is 5.73 Å². The van der Waals surface area contributed by atoms with Gasteiger partial charge in [0, 0.05) is 24.1 Å². The zero-order valence-corrected chi connectivity index (χ0v) is 10.9. The van der Waals surface area contributed by atoms with Gasteiger partial charge in [0.25, 0.3) is 0 Å². The molecule has 0 aliphatic carbocycles. The number of nitrogens with zero attached hydrogens (tertiary/aromatic N) is 3. The van der Waals surface area contributed by atoms with E-state index in [1.807, 2.05) is 24.0 Å². The lowest BCUT2D eigenvalue weighted by atomic mass is 10.2. The van der Waals surface area contributed by atoms with Crippen LogP contribution in [0.5, 0.6) is 0 Å². The Balaban J connectivity index is 2.35. The number of aromatic nitrogens is 2. The quantitative estimate of drug-likeness (QED) is 0.897. The summed E-state index contributed by atoms with van der Waals surface area (Å²) < 4.78 is 13.4. The van der Waals surface area contributed by atoms with Crippen LogP contribution in [0.15, 0.2) is 36.5 Å². The molecule has 2 N–H and O–H groups in total. The molecule has 19 heavy (non-hydrogen) atoms. The van der Waals surface area contributed by atoms with Gasteiger partial charge in [-0.15, -0.1) is 0 Å². The van der Waals surface area contributed by atoms with E-state index in [0.29, 0.717) is 19.0 Å². The van der Waals surface area contributed by atoms with Gasteiger partial charge in [-0.05, 0) is 44.2 Å². The molecule has 0 aliphatic rings. The first kappa shape index (κ1) is 13.4. The minimum Gasteiger partial charge on any atom is -0.330 e. The molecule has 0 bridgehead atoms. The fraction of sp³-hybridized carbons (Fsp3) is 0.286. The third kappa shape index (κ3) is 3.48. The van der Waals surface area contributed by atoms with E-state index in [4.69, 9.17) is 5.73 Å². The van der Waals surface area contributed by atoms with Crippen molar-refractivity contribution >= 4 is 11.6 Å². The van der Waals surface area contributed by atoms with E-state index in [1.54, 1.807) is 12.3 Å². The fourth-order valence-electron chi connectivity index (χ4n) is 1.80. The van der Waals surface area contributed by atoms with Gasteiger partial charge in [-0.1, -0.05) is 6.07 Å². The molecular formula is C14H17FN4. The molecule has 0 saturated heterocycles. The Morgan fingerprint density at radius 3 is 2.84 bits per heavy atom. The molecule has 1 aromatic carbocycles. The van der Waals surface area contributed by atoms with Gasteiger partial charge in [0.15, 0.2) is 0 Å². The van der Waals surface area contributed by atoms with Crippen LogP contribution in [0.25, 0.3) is 0 Å². The molecule has 2 rings (SSSR count). The van der Waals surface area contributed by atoms with Crippen LogP contribution in [0, 0.1) is 12.7 Å². The summed E-state index contributed by atoms with van der Waals surface area (Å²) in [6.07, 6.45) is 2.49. The monoisotopic (exact) mass is 260 g/mol. The lowest BCUT2D eigenvalue weighted by molar-refractivity contribution is 0.627. The Morgan fingerprint density at radius 1 is 1.32 bits per heavy atom. The maximum atomic E-state index is 13.4. The van der Waals surface area contributed by atoms with Gasteiger partial charge >= 0.3 is 0 Å². The Morgan fingerprint density at radius 2 is 2.16 bits per heavy atom. The molecule has 0 fully saturated rings. The van der Waals surface area contributed by atoms with Crippen LogP contribution in [0.1, 0.15) is 12.1 Å². The molecule has 5 heteroatoms. The summed E-state index contributed by atoms with van der Waals surface area (Å²) in [6.45, 7) is 3.12. The predicted molar refractivity (Wildman–Crippen MR) is 73.8 cm³/mol. The highest BCUT2D eigenvalue weighted by molar-refractivity contribution is 5.57. The topological polar surface area (TPSA) is 55.0 Å². The van der Waals surface area contributed by atoms with Crippen molar-refractivity contribution in [2.45, 2.75) is 13.3 Å². The minimum atomic E-state index is -0.275. The maximum Gasteiger partial charge on any atom is 0.230 e. The Bertz CT molecular complexity index is 499. The number of benzene rings is 1. The standard InChI is InChI=1S/C14H17FN4/c1-11-6-8-17-14(18-11)19(9-3-7-16)13-5-2-4-12(15)10-13/h2,4-6,8,10H,3,7,9,16H2,1H3. The van der Waals surface area contributed by atoms with E-state index >= 15 is 0 Å². The van der Waals surface area contributed by atoms with Gasteiger partial charge in [0.05, 0.1) is 0 Å². The van der Waals surface area contributed by atoms with E-state index in [-0.39, 0.29) is 5.82 Å². The summed E-state index contributed by atoms with van der Waals surface area (Å²) in [7, 11) is 0. The number of aryl methyl sites for hydroxylation is 1. The Kier molecular flexibility index (Phi) is 4.41. The van der Waals surface area contributed by atoms with E-state index in [9.17, 15) is 4.39 Å². The van der Waals surface area contributed by atoms with Gasteiger partial charge in [-0.3, -0.25) is 0 Å². The summed E-state index contributed by atoms with van der Waals surface area (Å²) in [5, 5.41) is 0. The number of hydrogen-bond acceptors (Lipinski definition) is 4. The van der Waals surface area contributed by atoms with Crippen molar-refractivity contribution in [1.29, 1.82) is 0 Å². The Hall–Kier alpha value is -2.01. The van der Waals surface area contributed by atoms with Crippen LogP contribution in [0.2, 0.25) is 0 Å². The second-order valence-corrected chi connectivity index (χ2v) is 4.27. The maximum absolute atomic E-state index is 13.4. The molecule has 2 aromatic rings. The third-order valence-electron chi connectivity index (χ3n) is 2.73. The highest BCUT2D eigenvalue weighted by atomic mass is 19.1. The van der Waals surface area contributed by atoms with Crippen molar-refractivity contribution in [3.05, 3.63) is 48.0 Å². The molecule has 0 radical (unpaired) electrons. The number of hydrogen-bond donors (Lipinski definition) is 1. The van der Waals surface area contributed by atoms with Crippen molar-refractivity contribution < 1.29 is 4.39 Å². The molecule has 100 valence electrons. The lowest BCUT2D eigenvalue weighted by Gasteiger charge is -2.22. The van der Waals surface area contributed by atoms with Crippen molar-refractivity contribution in [2.75, 3.05) is 18.0 Å². The van der Waals surface area contributed by atoms with Gasteiger partial charge in [-0.25, -0.2) is 14.4 Å². The van der Waals surface area contributed by atoms with Gasteiger partial charge < -0.3 is 10.6 Å². The van der Waals surface area contributed by atoms with Crippen LogP contribution in [0.4, 0.5) is 16.0 Å². The van der Waals surface area contributed by atoms with Gasteiger partial charge in [0.2, 0.25) is 5.95 Å². The number of rotatable bonds is 5. The zero-order valence-electron chi connectivity index (χ0n) is 10.9. The van der Waals surface area contributed by atoms with Crippen LogP contribution >= 0.6 is 0 Å². The summed E-state index contributed by atoms with van der Waals surface area (Å²) >= 11 is 0. The second kappa shape index (κ2) is 6.24. The van der Waals surface area contributed by atoms with Crippen molar-refractivity contribution in [3.8, 4) is 0 Å². The highest BCUT2D eigenvalue weighted by Crippen LogP contribution is 2.22. The average molecular weight is 260 g/mol. The summed E-state index contributed by atoms with van der Waals surface area (Å²) in [6, 6.07) is 8.24. The van der Waals surface area contributed by atoms with Crippen molar-refractivity contribution in [3.63, 3.8) is 0 Å². The van der Waals surface area contributed by atoms with Crippen LogP contribution < -0.4 is 10.6 Å². The van der Waals surface area contributed by atoms with Crippen molar-refractivity contribution in [1.82, 2.24) is 9.97 Å². The molecule has 0 unspecified atom stereocenters. The first-order valence-electron chi connectivity index (χ1n) is 6.23. The molecule has 0 saturated carbocycles. The number of anilines is 2. The summed E-state index contributed by atoms with van der Waals surface area (Å²) in [4.78, 5) is 10.5. The summed E-state index contributed by atoms with van der Waals surface area (Å²) in [5.74, 6) is 0.293. The molecular weight excluding hydrogens is 243 g/mol. The van der Waals surface area contributed by atoms with E-state index in [0.717, 1.165) is 17.8 Å². The first-order chi connectivity index (χ1) is 9.20. The normalized spacial score (nSPS) is 10.5. The number of halogens is 1. The van der Waals surface area contributed by atoms with Gasteiger partial charge in [-0.2, -0.15) is 0 Å². The lowest BCUT2D eigenvalue weighted by Crippen LogP contribution is -2.23. The molecule has 0 aliphatic heterocycles. The first-order valence-corrected chi connectivity index (χ1v) is 6.23. The average Bonchev–Trinajstić information content (AvgIpc) is 2.39. The predicted octanol–water partition coefficient (Wildman–Crippen LogP) is 2.41. The van der Waals surface area contributed by atoms with E-state index < -0.39 is 0 Å². The Labute approximate surface area is 112 Å². The molecule has 0 atom stereocenters. The van der Waals surface area contributed by atoms with E-state index in [2.05, 4.69) is 9.97 Å².